The lowest BCUT2D eigenvalue weighted by Gasteiger charge is -2.40. The van der Waals surface area contributed by atoms with Gasteiger partial charge < -0.3 is 4.74 Å². The van der Waals surface area contributed by atoms with Crippen LogP contribution in [0, 0.1) is 68.6 Å². The van der Waals surface area contributed by atoms with E-state index >= 15 is 0 Å². The number of thiophene rings is 3. The molecule has 56 heavy (non-hydrogen) atoms. The van der Waals surface area contributed by atoms with Crippen LogP contribution in [-0.2, 0) is 5.60 Å². The number of nitrogens with zero attached hydrogens (tertiary/aromatic N) is 4. The van der Waals surface area contributed by atoms with Gasteiger partial charge in [-0.2, -0.15) is 21.0 Å². The molecular weight excluding hydrogens is 781 g/mol. The van der Waals surface area contributed by atoms with E-state index in [2.05, 4.69) is 0 Å². The van der Waals surface area contributed by atoms with E-state index in [1.54, 1.807) is 30.4 Å². The molecule has 2 aromatic carbocycles. The van der Waals surface area contributed by atoms with Gasteiger partial charge in [0, 0.05) is 48.7 Å². The predicted octanol–water partition coefficient (Wildman–Crippen LogP) is 11.0. The van der Waals surface area contributed by atoms with Gasteiger partial charge in [0.25, 0.3) is 0 Å². The highest BCUT2D eigenvalue weighted by Crippen LogP contribution is 2.60. The highest BCUT2D eigenvalue weighted by molar-refractivity contribution is 7.32. The van der Waals surface area contributed by atoms with Crippen LogP contribution in [0.1, 0.15) is 79.3 Å². The van der Waals surface area contributed by atoms with Crippen molar-refractivity contribution in [2.24, 2.45) is 0 Å². The lowest BCUT2D eigenvalue weighted by molar-refractivity contribution is 0.0267. The topological polar surface area (TPSA) is 139 Å². The van der Waals surface area contributed by atoms with Gasteiger partial charge in [-0.15, -0.1) is 34.0 Å². The number of carbonyl (C=O) groups is 2. The normalized spacial score (nSPS) is 17.6. The fourth-order valence-electron chi connectivity index (χ4n) is 7.99. The number of Topliss-reactive ketones (excluding diaryl/α,β-unsaturated/α-hetero) is 2. The van der Waals surface area contributed by atoms with Crippen LogP contribution in [0.4, 0.5) is 17.6 Å². The number of rotatable bonds is 2. The molecule has 7 nitrogen and oxygen atoms in total. The summed E-state index contributed by atoms with van der Waals surface area (Å²) in [5.41, 5.74) is -1.15. The molecule has 1 spiro atoms. The Kier molecular flexibility index (Phi) is 8.09. The molecule has 0 N–H and O–H groups in total. The van der Waals surface area contributed by atoms with Gasteiger partial charge in [0.1, 0.15) is 41.0 Å². The van der Waals surface area contributed by atoms with E-state index in [4.69, 9.17) is 4.74 Å². The smallest absolute Gasteiger partial charge is 0.194 e. The van der Waals surface area contributed by atoms with Crippen LogP contribution in [0.5, 0.6) is 5.75 Å². The van der Waals surface area contributed by atoms with Crippen LogP contribution in [0.25, 0.3) is 42.5 Å². The zero-order chi connectivity index (χ0) is 39.2. The fourth-order valence-corrected chi connectivity index (χ4v) is 11.8. The minimum atomic E-state index is -1.23. The second-order valence-electron chi connectivity index (χ2n) is 13.5. The average Bonchev–Trinajstić information content (AvgIpc) is 3.98. The molecule has 0 bridgehead atoms. The van der Waals surface area contributed by atoms with Gasteiger partial charge in [0.05, 0.1) is 19.2 Å². The summed E-state index contributed by atoms with van der Waals surface area (Å²) in [7, 11) is 0. The summed E-state index contributed by atoms with van der Waals surface area (Å²) in [6.07, 6.45) is 7.26. The molecule has 1 aliphatic heterocycles. The van der Waals surface area contributed by atoms with Gasteiger partial charge in [-0.25, -0.2) is 17.6 Å². The van der Waals surface area contributed by atoms with E-state index in [9.17, 15) is 48.2 Å². The molecule has 3 aromatic heterocycles. The third-order valence-electron chi connectivity index (χ3n) is 10.4. The average molecular weight is 799 g/mol. The van der Waals surface area contributed by atoms with Crippen molar-refractivity contribution in [1.82, 2.24) is 0 Å². The molecule has 0 atom stereocenters. The maximum Gasteiger partial charge on any atom is 0.194 e. The third kappa shape index (κ3) is 5.08. The predicted molar refractivity (Wildman–Crippen MR) is 202 cm³/mol. The van der Waals surface area contributed by atoms with Crippen molar-refractivity contribution in [2.45, 2.75) is 37.7 Å². The van der Waals surface area contributed by atoms with Crippen LogP contribution in [-0.4, -0.2) is 11.6 Å². The minimum Gasteiger partial charge on any atom is -0.479 e. The van der Waals surface area contributed by atoms with E-state index in [0.29, 0.717) is 28.3 Å². The van der Waals surface area contributed by atoms with Crippen LogP contribution in [0.15, 0.2) is 58.7 Å². The first-order valence-corrected chi connectivity index (χ1v) is 19.5. The standard InChI is InChI=1S/C42H18F4N4O3S3/c43-29-10-22-24(12-31(29)45)36(51)26(34(22)18(14-47)15-48)6-20-8-28-39(54-20)41-38(53-42(28)4-2-1-3-5-42)40-33(56-41)9-21(55-40)7-27-35(19(16-49)17-50)23-11-30(44)32(46)13-25(23)37(27)52/h6-13H,1-5H2/b26-6-,27-7-. The number of carbonyl (C=O) groups excluding carboxylic acids is 2. The Morgan fingerprint density at radius 3 is 1.61 bits per heavy atom. The molecule has 1 fully saturated rings. The first-order chi connectivity index (χ1) is 27.0. The quantitative estimate of drug-likeness (QED) is 0.0984. The van der Waals surface area contributed by atoms with Crippen molar-refractivity contribution >= 4 is 78.3 Å². The molecule has 270 valence electrons. The Morgan fingerprint density at radius 2 is 1.11 bits per heavy atom. The number of hydrogen-bond donors (Lipinski definition) is 0. The number of halogens is 4. The zero-order valence-corrected chi connectivity index (χ0v) is 30.9. The second-order valence-corrected chi connectivity index (χ2v) is 16.7. The highest BCUT2D eigenvalue weighted by atomic mass is 32.1. The summed E-state index contributed by atoms with van der Waals surface area (Å²) in [6, 6.07) is 14.1. The number of nitriles is 4. The maximum absolute atomic E-state index is 14.4. The molecule has 14 heteroatoms. The van der Waals surface area contributed by atoms with E-state index in [1.807, 2.05) is 12.1 Å². The zero-order valence-electron chi connectivity index (χ0n) is 28.4. The lowest BCUT2D eigenvalue weighted by Crippen LogP contribution is -2.37. The molecule has 0 unspecified atom stereocenters. The molecule has 4 aliphatic rings. The van der Waals surface area contributed by atoms with E-state index in [1.165, 1.54) is 40.1 Å². The molecule has 1 saturated carbocycles. The minimum absolute atomic E-state index is 0.0242. The summed E-state index contributed by atoms with van der Waals surface area (Å²) >= 11 is 4.14. The molecule has 0 radical (unpaired) electrons. The van der Waals surface area contributed by atoms with Crippen molar-refractivity contribution in [3.63, 3.8) is 0 Å². The van der Waals surface area contributed by atoms with Crippen LogP contribution >= 0.6 is 34.0 Å². The third-order valence-corrected chi connectivity index (χ3v) is 14.0. The lowest BCUT2D eigenvalue weighted by atomic mass is 9.78. The summed E-state index contributed by atoms with van der Waals surface area (Å²) in [6.45, 7) is 0. The molecule has 0 saturated heterocycles. The Labute approximate surface area is 326 Å². The number of hydrogen-bond acceptors (Lipinski definition) is 10. The number of ketones is 2. The van der Waals surface area contributed by atoms with Gasteiger partial charge in [-0.1, -0.05) is 6.42 Å². The summed E-state index contributed by atoms with van der Waals surface area (Å²) in [5, 5.41) is 39.0. The van der Waals surface area contributed by atoms with Crippen molar-refractivity contribution < 1.29 is 31.9 Å². The van der Waals surface area contributed by atoms with Crippen molar-refractivity contribution in [1.29, 1.82) is 21.0 Å². The van der Waals surface area contributed by atoms with Crippen molar-refractivity contribution in [3.05, 3.63) is 120 Å². The monoisotopic (exact) mass is 798 g/mol. The van der Waals surface area contributed by atoms with Gasteiger partial charge in [-0.05, 0) is 85.4 Å². The number of fused-ring (bicyclic) bond motifs is 8. The molecule has 9 rings (SSSR count). The van der Waals surface area contributed by atoms with Crippen LogP contribution in [0.2, 0.25) is 0 Å². The Bertz CT molecular complexity index is 2980. The molecule has 4 heterocycles. The van der Waals surface area contributed by atoms with E-state index < -0.39 is 51.6 Å². The first-order valence-electron chi connectivity index (χ1n) is 17.0. The Balaban J connectivity index is 1.18. The summed E-state index contributed by atoms with van der Waals surface area (Å²) in [5.74, 6) is -5.53. The molecule has 0 amide bonds. The number of ether oxygens (including phenoxy) is 1. The van der Waals surface area contributed by atoms with Crippen LogP contribution < -0.4 is 4.74 Å². The number of benzene rings is 2. The largest absolute Gasteiger partial charge is 0.479 e. The van der Waals surface area contributed by atoms with Gasteiger partial charge in [-0.3, -0.25) is 9.59 Å². The summed E-state index contributed by atoms with van der Waals surface area (Å²) in [4.78, 5) is 30.1. The van der Waals surface area contributed by atoms with E-state index in [0.717, 1.165) is 68.2 Å². The Hall–Kier alpha value is -6.42. The first kappa shape index (κ1) is 35.3. The number of allylic oxidation sites excluding steroid dienone is 6. The Morgan fingerprint density at radius 1 is 0.625 bits per heavy atom. The highest BCUT2D eigenvalue weighted by Gasteiger charge is 2.45. The SMILES string of the molecule is N#CC(C#N)=C1/C(=C/c2cc3c(s2)-c2sc4cc(/C=C5\C(=O)c6cc(F)c(F)cc6C5=C(C#N)C#N)sc4c2OC32CCCCC2)C(=O)c2cc(F)c(F)cc21. The van der Waals surface area contributed by atoms with Gasteiger partial charge in [0.15, 0.2) is 40.6 Å². The second kappa shape index (κ2) is 12.8. The van der Waals surface area contributed by atoms with E-state index in [-0.39, 0.29) is 44.5 Å². The van der Waals surface area contributed by atoms with Gasteiger partial charge >= 0.3 is 0 Å². The fraction of sp³-hybridized carbons (Fsp3) is 0.143. The van der Waals surface area contributed by atoms with Crippen molar-refractivity contribution in [2.75, 3.05) is 0 Å². The summed E-state index contributed by atoms with van der Waals surface area (Å²) < 4.78 is 65.8. The van der Waals surface area contributed by atoms with Gasteiger partial charge in [0.2, 0.25) is 0 Å². The van der Waals surface area contributed by atoms with Crippen LogP contribution in [0.3, 0.4) is 0 Å². The molecule has 3 aliphatic carbocycles. The maximum atomic E-state index is 14.4. The molecular formula is C42H18F4N4O3S3. The molecule has 5 aromatic rings. The van der Waals surface area contributed by atoms with Crippen molar-refractivity contribution in [3.8, 4) is 39.8 Å².